The lowest BCUT2D eigenvalue weighted by Gasteiger charge is -2.40. The molecule has 6 nitrogen and oxygen atoms in total. The lowest BCUT2D eigenvalue weighted by molar-refractivity contribution is -0.138. The second-order valence-electron chi connectivity index (χ2n) is 8.05. The number of nitrogens with zero attached hydrogens (tertiary/aromatic N) is 3. The van der Waals surface area contributed by atoms with Crippen LogP contribution in [0.15, 0.2) is 0 Å². The van der Waals surface area contributed by atoms with Crippen molar-refractivity contribution in [3.05, 3.63) is 0 Å². The maximum Gasteiger partial charge on any atom is 0.411 e. The first-order valence-electron chi connectivity index (χ1n) is 9.26. The normalized spacial score (nSPS) is 23.5. The van der Waals surface area contributed by atoms with Gasteiger partial charge in [-0.2, -0.15) is 0 Å². The van der Waals surface area contributed by atoms with Gasteiger partial charge in [0, 0.05) is 13.1 Å². The van der Waals surface area contributed by atoms with Crippen LogP contribution in [0, 0.1) is 0 Å². The number of hydrogen-bond acceptors (Lipinski definition) is 4. The summed E-state index contributed by atoms with van der Waals surface area (Å²) in [5, 5.41) is 0. The van der Waals surface area contributed by atoms with E-state index in [1.165, 1.54) is 32.4 Å². The average molecular weight is 339 g/mol. The van der Waals surface area contributed by atoms with Crippen LogP contribution in [0.2, 0.25) is 0 Å². The van der Waals surface area contributed by atoms with Crippen molar-refractivity contribution in [3.8, 4) is 0 Å². The second-order valence-corrected chi connectivity index (χ2v) is 8.05. The summed E-state index contributed by atoms with van der Waals surface area (Å²) < 4.78 is 5.40. The third-order valence-electron chi connectivity index (χ3n) is 4.65. The summed E-state index contributed by atoms with van der Waals surface area (Å²) in [6.45, 7) is 12.5. The molecule has 24 heavy (non-hydrogen) atoms. The predicted molar refractivity (Wildman–Crippen MR) is 93.9 cm³/mol. The lowest BCUT2D eigenvalue weighted by atomic mass is 10.1. The highest BCUT2D eigenvalue weighted by Crippen LogP contribution is 2.17. The Hall–Kier alpha value is -1.30. The molecule has 2 saturated heterocycles. The Morgan fingerprint density at radius 3 is 2.46 bits per heavy atom. The van der Waals surface area contributed by atoms with Gasteiger partial charge < -0.3 is 14.5 Å². The SMILES string of the molecule is CC1CN(CCCN2CCCCC2)C(=O)CN1C(=O)OC(C)(C)C. The standard InChI is InChI=1S/C18H33N3O3/c1-15-13-20(12-8-11-19-9-6-5-7-10-19)16(22)14-21(15)17(23)24-18(2,3)4/h15H,5-14H2,1-4H3. The minimum atomic E-state index is -0.536. The van der Waals surface area contributed by atoms with Gasteiger partial charge in [0.15, 0.2) is 0 Å². The molecule has 1 atom stereocenters. The molecule has 0 saturated carbocycles. The van der Waals surface area contributed by atoms with Gasteiger partial charge in [0.25, 0.3) is 0 Å². The highest BCUT2D eigenvalue weighted by molar-refractivity contribution is 5.84. The number of piperazine rings is 1. The fraction of sp³-hybridized carbons (Fsp3) is 0.889. The molecule has 138 valence electrons. The smallest absolute Gasteiger partial charge is 0.411 e. The first-order chi connectivity index (χ1) is 11.3. The Morgan fingerprint density at radius 1 is 1.17 bits per heavy atom. The van der Waals surface area contributed by atoms with Crippen molar-refractivity contribution >= 4 is 12.0 Å². The van der Waals surface area contributed by atoms with Crippen molar-refractivity contribution in [2.75, 3.05) is 39.3 Å². The number of rotatable bonds is 4. The Bertz CT molecular complexity index is 441. The third-order valence-corrected chi connectivity index (χ3v) is 4.65. The van der Waals surface area contributed by atoms with Gasteiger partial charge in [-0.1, -0.05) is 6.42 Å². The molecular weight excluding hydrogens is 306 g/mol. The molecule has 2 rings (SSSR count). The fourth-order valence-electron chi connectivity index (χ4n) is 3.37. The molecule has 2 aliphatic heterocycles. The van der Waals surface area contributed by atoms with E-state index in [0.717, 1.165) is 19.5 Å². The van der Waals surface area contributed by atoms with Crippen molar-refractivity contribution in [1.82, 2.24) is 14.7 Å². The van der Waals surface area contributed by atoms with Crippen LogP contribution in [-0.2, 0) is 9.53 Å². The summed E-state index contributed by atoms with van der Waals surface area (Å²) in [5.41, 5.74) is -0.536. The minimum absolute atomic E-state index is 0.00691. The molecule has 0 bridgehead atoms. The van der Waals surface area contributed by atoms with Gasteiger partial charge in [0.2, 0.25) is 5.91 Å². The van der Waals surface area contributed by atoms with E-state index >= 15 is 0 Å². The Kier molecular flexibility index (Phi) is 6.49. The first-order valence-corrected chi connectivity index (χ1v) is 9.26. The molecule has 2 amide bonds. The molecule has 0 N–H and O–H groups in total. The van der Waals surface area contributed by atoms with Crippen molar-refractivity contribution in [2.24, 2.45) is 0 Å². The van der Waals surface area contributed by atoms with E-state index in [1.807, 2.05) is 32.6 Å². The van der Waals surface area contributed by atoms with E-state index in [1.54, 1.807) is 4.90 Å². The van der Waals surface area contributed by atoms with E-state index in [0.29, 0.717) is 6.54 Å². The molecule has 6 heteroatoms. The predicted octanol–water partition coefficient (Wildman–Crippen LogP) is 2.33. The molecule has 0 aromatic heterocycles. The van der Waals surface area contributed by atoms with Gasteiger partial charge in [0.1, 0.15) is 12.1 Å². The molecule has 0 aromatic rings. The van der Waals surface area contributed by atoms with Gasteiger partial charge >= 0.3 is 6.09 Å². The van der Waals surface area contributed by atoms with Crippen LogP contribution in [0.3, 0.4) is 0 Å². The topological polar surface area (TPSA) is 53.1 Å². The maximum absolute atomic E-state index is 12.4. The number of amides is 2. The summed E-state index contributed by atoms with van der Waals surface area (Å²) in [7, 11) is 0. The molecule has 2 fully saturated rings. The third kappa shape index (κ3) is 5.65. The number of carbonyl (C=O) groups excluding carboxylic acids is 2. The number of likely N-dealkylation sites (tertiary alicyclic amines) is 1. The van der Waals surface area contributed by atoms with Crippen LogP contribution in [0.4, 0.5) is 4.79 Å². The number of piperidine rings is 1. The van der Waals surface area contributed by atoms with Gasteiger partial charge in [-0.25, -0.2) is 4.79 Å². The molecule has 1 unspecified atom stereocenters. The zero-order valence-corrected chi connectivity index (χ0v) is 15.7. The fourth-order valence-corrected chi connectivity index (χ4v) is 3.37. The van der Waals surface area contributed by atoms with Gasteiger partial charge in [-0.05, 0) is 66.6 Å². The summed E-state index contributed by atoms with van der Waals surface area (Å²) >= 11 is 0. The molecule has 0 aliphatic carbocycles. The Morgan fingerprint density at radius 2 is 1.83 bits per heavy atom. The zero-order valence-electron chi connectivity index (χ0n) is 15.7. The number of hydrogen-bond donors (Lipinski definition) is 0. The van der Waals surface area contributed by atoms with E-state index in [2.05, 4.69) is 4.90 Å². The molecule has 0 aromatic carbocycles. The van der Waals surface area contributed by atoms with E-state index in [9.17, 15) is 9.59 Å². The quantitative estimate of drug-likeness (QED) is 0.789. The molecule has 0 spiro atoms. The Labute approximate surface area is 146 Å². The molecular formula is C18H33N3O3. The van der Waals surface area contributed by atoms with Gasteiger partial charge in [0.05, 0.1) is 6.04 Å². The monoisotopic (exact) mass is 339 g/mol. The van der Waals surface area contributed by atoms with Crippen LogP contribution in [-0.4, -0.2) is 77.6 Å². The highest BCUT2D eigenvalue weighted by Gasteiger charge is 2.34. The van der Waals surface area contributed by atoms with Crippen LogP contribution < -0.4 is 0 Å². The molecule has 2 aliphatic rings. The summed E-state index contributed by atoms with van der Waals surface area (Å²) in [4.78, 5) is 30.5. The second kappa shape index (κ2) is 8.19. The molecule has 2 heterocycles. The lowest BCUT2D eigenvalue weighted by Crippen LogP contribution is -2.57. The van der Waals surface area contributed by atoms with E-state index < -0.39 is 11.7 Å². The van der Waals surface area contributed by atoms with E-state index in [-0.39, 0.29) is 18.5 Å². The number of ether oxygens (including phenoxy) is 1. The average Bonchev–Trinajstić information content (AvgIpc) is 2.49. The van der Waals surface area contributed by atoms with Crippen molar-refractivity contribution < 1.29 is 14.3 Å². The van der Waals surface area contributed by atoms with Crippen molar-refractivity contribution in [1.29, 1.82) is 0 Å². The zero-order chi connectivity index (χ0) is 17.7. The minimum Gasteiger partial charge on any atom is -0.444 e. The van der Waals surface area contributed by atoms with Crippen molar-refractivity contribution in [2.45, 2.75) is 65.0 Å². The van der Waals surface area contributed by atoms with Gasteiger partial charge in [-0.3, -0.25) is 9.69 Å². The van der Waals surface area contributed by atoms with Crippen molar-refractivity contribution in [3.63, 3.8) is 0 Å². The summed E-state index contributed by atoms with van der Waals surface area (Å²) in [5.74, 6) is 0.0256. The van der Waals surface area contributed by atoms with Crippen LogP contribution >= 0.6 is 0 Å². The summed E-state index contributed by atoms with van der Waals surface area (Å²) in [6, 6.07) is -0.00691. The Balaban J connectivity index is 1.77. The first kappa shape index (κ1) is 19.0. The highest BCUT2D eigenvalue weighted by atomic mass is 16.6. The van der Waals surface area contributed by atoms with Crippen LogP contribution in [0.25, 0.3) is 0 Å². The van der Waals surface area contributed by atoms with E-state index in [4.69, 9.17) is 4.74 Å². The summed E-state index contributed by atoms with van der Waals surface area (Å²) in [6.07, 6.45) is 4.55. The number of carbonyl (C=O) groups is 2. The van der Waals surface area contributed by atoms with Crippen LogP contribution in [0.1, 0.15) is 53.4 Å². The van der Waals surface area contributed by atoms with Gasteiger partial charge in [-0.15, -0.1) is 0 Å². The maximum atomic E-state index is 12.4. The molecule has 0 radical (unpaired) electrons. The largest absolute Gasteiger partial charge is 0.444 e. The van der Waals surface area contributed by atoms with Crippen LogP contribution in [0.5, 0.6) is 0 Å².